The van der Waals surface area contributed by atoms with Crippen molar-refractivity contribution in [3.05, 3.63) is 37.0 Å². The van der Waals surface area contributed by atoms with Crippen LogP contribution in [0.1, 0.15) is 6.92 Å². The number of hydrogen-bond donors (Lipinski definition) is 0. The quantitative estimate of drug-likeness (QED) is 0.353. The number of hydrogen-bond acceptors (Lipinski definition) is 1. The molecule has 0 saturated heterocycles. The third-order valence-corrected chi connectivity index (χ3v) is 1.32. The Balaban J connectivity index is 3.93. The van der Waals surface area contributed by atoms with Gasteiger partial charge < -0.3 is 4.90 Å². The first-order valence-corrected chi connectivity index (χ1v) is 3.87. The third kappa shape index (κ3) is 4.50. The second-order valence-corrected chi connectivity index (χ2v) is 2.39. The monoisotopic (exact) mass is 165 g/mol. The average molecular weight is 165 g/mol. The predicted octanol–water partition coefficient (Wildman–Crippen LogP) is 1.76. The van der Waals surface area contributed by atoms with Gasteiger partial charge in [0.15, 0.2) is 0 Å². The molecular formula is C10H15NO. The van der Waals surface area contributed by atoms with Gasteiger partial charge in [-0.3, -0.25) is 4.79 Å². The number of nitrogens with zero attached hydrogens (tertiary/aromatic N) is 1. The Bertz CT molecular complexity index is 204. The molecule has 12 heavy (non-hydrogen) atoms. The molecule has 0 unspecified atom stereocenters. The van der Waals surface area contributed by atoms with Crippen LogP contribution in [0.15, 0.2) is 37.0 Å². The van der Waals surface area contributed by atoms with E-state index in [0.717, 1.165) is 0 Å². The van der Waals surface area contributed by atoms with Crippen molar-refractivity contribution in [2.75, 3.05) is 13.6 Å². The van der Waals surface area contributed by atoms with Crippen molar-refractivity contribution < 1.29 is 4.79 Å². The first-order valence-electron chi connectivity index (χ1n) is 3.87. The molecule has 0 aliphatic heterocycles. The molecule has 0 radical (unpaired) electrons. The lowest BCUT2D eigenvalue weighted by atomic mass is 10.4. The van der Waals surface area contributed by atoms with Crippen molar-refractivity contribution >= 4 is 5.91 Å². The first kappa shape index (κ1) is 10.7. The maximum atomic E-state index is 11.2. The molecule has 0 bridgehead atoms. The van der Waals surface area contributed by atoms with Gasteiger partial charge in [-0.05, 0) is 6.92 Å². The molecule has 0 aromatic heterocycles. The Labute approximate surface area is 73.9 Å². The Kier molecular flexibility index (Phi) is 5.70. The summed E-state index contributed by atoms with van der Waals surface area (Å²) in [5.41, 5.74) is 0. The summed E-state index contributed by atoms with van der Waals surface area (Å²) in [6, 6.07) is 0. The summed E-state index contributed by atoms with van der Waals surface area (Å²) >= 11 is 0. The molecule has 2 heteroatoms. The van der Waals surface area contributed by atoms with E-state index in [9.17, 15) is 4.79 Å². The maximum Gasteiger partial charge on any atom is 0.246 e. The fourth-order valence-electron chi connectivity index (χ4n) is 0.660. The van der Waals surface area contributed by atoms with Crippen LogP contribution in [0.25, 0.3) is 0 Å². The minimum Gasteiger partial charge on any atom is -0.339 e. The second-order valence-electron chi connectivity index (χ2n) is 2.39. The molecule has 0 aromatic rings. The molecule has 0 aliphatic rings. The first-order chi connectivity index (χ1) is 5.72. The van der Waals surface area contributed by atoms with Crippen molar-refractivity contribution in [2.45, 2.75) is 6.92 Å². The Morgan fingerprint density at radius 2 is 2.17 bits per heavy atom. The van der Waals surface area contributed by atoms with E-state index < -0.39 is 0 Å². The summed E-state index contributed by atoms with van der Waals surface area (Å²) in [6.45, 7) is 6.03. The highest BCUT2D eigenvalue weighted by atomic mass is 16.2. The molecule has 0 rings (SSSR count). The fraction of sp³-hybridized carbons (Fsp3) is 0.300. The van der Waals surface area contributed by atoms with E-state index >= 15 is 0 Å². The largest absolute Gasteiger partial charge is 0.339 e. The molecular weight excluding hydrogens is 150 g/mol. The Morgan fingerprint density at radius 1 is 1.50 bits per heavy atom. The number of allylic oxidation sites excluding steroid dienone is 3. The fourth-order valence-corrected chi connectivity index (χ4v) is 0.660. The van der Waals surface area contributed by atoms with Gasteiger partial charge in [0.2, 0.25) is 5.91 Å². The Morgan fingerprint density at radius 3 is 2.67 bits per heavy atom. The molecule has 0 atom stereocenters. The van der Waals surface area contributed by atoms with Crippen LogP contribution in [-0.2, 0) is 4.79 Å². The van der Waals surface area contributed by atoms with Gasteiger partial charge in [0.05, 0.1) is 0 Å². The number of carbonyl (C=O) groups excluding carboxylic acids is 1. The number of rotatable bonds is 4. The van der Waals surface area contributed by atoms with Crippen LogP contribution in [0, 0.1) is 0 Å². The number of likely N-dealkylation sites (N-methyl/N-ethyl adjacent to an activating group) is 1. The molecule has 0 saturated carbocycles. The van der Waals surface area contributed by atoms with Crippen molar-refractivity contribution in [3.8, 4) is 0 Å². The molecule has 0 aliphatic carbocycles. The molecule has 1 amide bonds. The normalized spacial score (nSPS) is 10.8. The third-order valence-electron chi connectivity index (χ3n) is 1.32. The van der Waals surface area contributed by atoms with Crippen molar-refractivity contribution in [2.24, 2.45) is 0 Å². The van der Waals surface area contributed by atoms with Gasteiger partial charge in [-0.2, -0.15) is 0 Å². The second kappa shape index (κ2) is 6.40. The van der Waals surface area contributed by atoms with Gasteiger partial charge in [-0.1, -0.05) is 24.3 Å². The van der Waals surface area contributed by atoms with Crippen molar-refractivity contribution in [1.82, 2.24) is 4.90 Å². The number of amides is 1. The van der Waals surface area contributed by atoms with Crippen LogP contribution in [-0.4, -0.2) is 24.4 Å². The maximum absolute atomic E-state index is 11.2. The van der Waals surface area contributed by atoms with Crippen molar-refractivity contribution in [1.29, 1.82) is 0 Å². The van der Waals surface area contributed by atoms with Crippen LogP contribution >= 0.6 is 0 Å². The van der Waals surface area contributed by atoms with Gasteiger partial charge >= 0.3 is 0 Å². The molecule has 66 valence electrons. The van der Waals surface area contributed by atoms with Crippen LogP contribution in [0.2, 0.25) is 0 Å². The highest BCUT2D eigenvalue weighted by Gasteiger charge is 1.99. The van der Waals surface area contributed by atoms with E-state index in [1.54, 1.807) is 24.1 Å². The molecule has 0 heterocycles. The van der Waals surface area contributed by atoms with E-state index in [1.807, 2.05) is 19.1 Å². The summed E-state index contributed by atoms with van der Waals surface area (Å²) in [6.07, 6.45) is 8.64. The lowest BCUT2D eigenvalue weighted by Crippen LogP contribution is -2.24. The summed E-state index contributed by atoms with van der Waals surface area (Å²) in [4.78, 5) is 12.8. The molecule has 2 nitrogen and oxygen atoms in total. The van der Waals surface area contributed by atoms with E-state index in [4.69, 9.17) is 0 Å². The predicted molar refractivity (Wildman–Crippen MR) is 51.8 cm³/mol. The van der Waals surface area contributed by atoms with Gasteiger partial charge in [0.1, 0.15) is 0 Å². The topological polar surface area (TPSA) is 20.3 Å². The SMILES string of the molecule is C=CCN(C)C(=O)C=CC=CC. The highest BCUT2D eigenvalue weighted by molar-refractivity contribution is 5.87. The van der Waals surface area contributed by atoms with E-state index in [1.165, 1.54) is 6.08 Å². The van der Waals surface area contributed by atoms with Crippen LogP contribution in [0.5, 0.6) is 0 Å². The average Bonchev–Trinajstić information content (AvgIpc) is 2.05. The van der Waals surface area contributed by atoms with E-state index in [2.05, 4.69) is 6.58 Å². The van der Waals surface area contributed by atoms with Gasteiger partial charge in [-0.25, -0.2) is 0 Å². The lowest BCUT2D eigenvalue weighted by molar-refractivity contribution is -0.124. The zero-order valence-electron chi connectivity index (χ0n) is 7.66. The van der Waals surface area contributed by atoms with Gasteiger partial charge in [-0.15, -0.1) is 6.58 Å². The van der Waals surface area contributed by atoms with Crippen LogP contribution in [0.3, 0.4) is 0 Å². The highest BCUT2D eigenvalue weighted by Crippen LogP contribution is 1.87. The summed E-state index contributed by atoms with van der Waals surface area (Å²) in [5.74, 6) is -0.00648. The van der Waals surface area contributed by atoms with Crippen LogP contribution < -0.4 is 0 Å². The zero-order valence-corrected chi connectivity index (χ0v) is 7.66. The Hall–Kier alpha value is -1.31. The summed E-state index contributed by atoms with van der Waals surface area (Å²) in [7, 11) is 1.74. The van der Waals surface area contributed by atoms with Gasteiger partial charge in [0, 0.05) is 19.7 Å². The smallest absolute Gasteiger partial charge is 0.246 e. The summed E-state index contributed by atoms with van der Waals surface area (Å²) < 4.78 is 0. The van der Waals surface area contributed by atoms with Gasteiger partial charge in [0.25, 0.3) is 0 Å². The zero-order chi connectivity index (χ0) is 9.40. The minimum absolute atomic E-state index is 0.00648. The standard InChI is InChI=1S/C10H15NO/c1-4-6-7-8-10(12)11(3)9-5-2/h4-8H,2,9H2,1,3H3. The van der Waals surface area contributed by atoms with E-state index in [0.29, 0.717) is 6.54 Å². The molecule has 0 aromatic carbocycles. The lowest BCUT2D eigenvalue weighted by Gasteiger charge is -2.10. The summed E-state index contributed by atoms with van der Waals surface area (Å²) in [5, 5.41) is 0. The molecule has 0 spiro atoms. The molecule has 0 fully saturated rings. The minimum atomic E-state index is -0.00648. The van der Waals surface area contributed by atoms with E-state index in [-0.39, 0.29) is 5.91 Å². The van der Waals surface area contributed by atoms with Crippen LogP contribution in [0.4, 0.5) is 0 Å². The molecule has 0 N–H and O–H groups in total. The van der Waals surface area contributed by atoms with Crippen molar-refractivity contribution in [3.63, 3.8) is 0 Å². The number of carbonyl (C=O) groups is 1.